The van der Waals surface area contributed by atoms with Crippen molar-refractivity contribution in [2.45, 2.75) is 0 Å². The number of amides is 1. The minimum atomic E-state index is -0.555. The third kappa shape index (κ3) is 2.89. The molecule has 94 valence electrons. The Morgan fingerprint density at radius 2 is 2.16 bits per heavy atom. The Morgan fingerprint density at radius 1 is 1.37 bits per heavy atom. The Bertz CT molecular complexity index is 731. The second-order valence-electron chi connectivity index (χ2n) is 3.68. The van der Waals surface area contributed by atoms with Crippen molar-refractivity contribution in [3.05, 3.63) is 62.5 Å². The maximum Gasteiger partial charge on any atom is 0.261 e. The molecule has 0 fully saturated rings. The molecule has 1 heterocycles. The normalized spacial score (nSPS) is 9.68. The van der Waals surface area contributed by atoms with E-state index in [0.29, 0.717) is 11.3 Å². The average Bonchev–Trinajstić information content (AvgIpc) is 2.41. The Labute approximate surface area is 117 Å². The summed E-state index contributed by atoms with van der Waals surface area (Å²) < 4.78 is 0.736. The zero-order chi connectivity index (χ0) is 13.8. The number of hydrogen-bond acceptors (Lipinski definition) is 3. The lowest BCUT2D eigenvalue weighted by atomic mass is 10.2. The predicted octanol–water partition coefficient (Wildman–Crippen LogP) is 2.26. The van der Waals surface area contributed by atoms with Crippen LogP contribution >= 0.6 is 15.9 Å². The van der Waals surface area contributed by atoms with Crippen molar-refractivity contribution >= 4 is 27.5 Å². The van der Waals surface area contributed by atoms with Crippen LogP contribution in [0.5, 0.6) is 0 Å². The summed E-state index contributed by atoms with van der Waals surface area (Å²) in [5.41, 5.74) is 0.287. The molecule has 0 radical (unpaired) electrons. The van der Waals surface area contributed by atoms with Gasteiger partial charge >= 0.3 is 0 Å². The number of nitrogens with one attached hydrogen (secondary N) is 2. The van der Waals surface area contributed by atoms with Crippen LogP contribution in [0.3, 0.4) is 0 Å². The van der Waals surface area contributed by atoms with E-state index in [1.165, 1.54) is 18.5 Å². The summed E-state index contributed by atoms with van der Waals surface area (Å²) in [4.78, 5) is 26.1. The van der Waals surface area contributed by atoms with E-state index in [4.69, 9.17) is 5.26 Å². The van der Waals surface area contributed by atoms with E-state index in [0.717, 1.165) is 4.47 Å². The van der Waals surface area contributed by atoms with Crippen molar-refractivity contribution in [3.8, 4) is 6.07 Å². The first kappa shape index (κ1) is 13.1. The fourth-order valence-corrected chi connectivity index (χ4v) is 1.86. The van der Waals surface area contributed by atoms with E-state index < -0.39 is 5.91 Å². The molecule has 0 aliphatic rings. The summed E-state index contributed by atoms with van der Waals surface area (Å²) in [7, 11) is 0. The molecule has 2 N–H and O–H groups in total. The van der Waals surface area contributed by atoms with E-state index in [2.05, 4.69) is 26.2 Å². The van der Waals surface area contributed by atoms with Gasteiger partial charge in [-0.3, -0.25) is 9.59 Å². The molecule has 6 heteroatoms. The number of pyridine rings is 1. The van der Waals surface area contributed by atoms with Crippen LogP contribution in [0.15, 0.2) is 45.9 Å². The SMILES string of the molecule is N#Cc1cc(Br)ccc1NC(=O)c1c[nH]ccc1=O. The molecule has 5 nitrogen and oxygen atoms in total. The number of aromatic amines is 1. The number of hydrogen-bond donors (Lipinski definition) is 2. The molecular weight excluding hydrogens is 310 g/mol. The lowest BCUT2D eigenvalue weighted by Gasteiger charge is -2.06. The maximum absolute atomic E-state index is 11.9. The van der Waals surface area contributed by atoms with Crippen molar-refractivity contribution in [2.24, 2.45) is 0 Å². The lowest BCUT2D eigenvalue weighted by Crippen LogP contribution is -2.21. The highest BCUT2D eigenvalue weighted by molar-refractivity contribution is 9.10. The number of H-pyrrole nitrogens is 1. The molecule has 0 saturated carbocycles. The third-order valence-corrected chi connectivity index (χ3v) is 2.91. The first-order valence-electron chi connectivity index (χ1n) is 5.30. The summed E-state index contributed by atoms with van der Waals surface area (Å²) in [6, 6.07) is 8.13. The molecule has 0 bridgehead atoms. The minimum absolute atomic E-state index is 0.00527. The molecule has 1 aromatic heterocycles. The number of carbonyl (C=O) groups is 1. The van der Waals surface area contributed by atoms with Gasteiger partial charge in [-0.05, 0) is 18.2 Å². The van der Waals surface area contributed by atoms with E-state index >= 15 is 0 Å². The van der Waals surface area contributed by atoms with Gasteiger partial charge in [0.1, 0.15) is 11.6 Å². The number of carbonyl (C=O) groups excluding carboxylic acids is 1. The van der Waals surface area contributed by atoms with Gasteiger partial charge in [-0.25, -0.2) is 0 Å². The van der Waals surface area contributed by atoms with Crippen LogP contribution in [0.1, 0.15) is 15.9 Å². The fraction of sp³-hybridized carbons (Fsp3) is 0. The molecule has 1 aromatic carbocycles. The number of benzene rings is 1. The molecule has 2 aromatic rings. The summed E-state index contributed by atoms with van der Waals surface area (Å²) in [6.07, 6.45) is 2.77. The zero-order valence-electron chi connectivity index (χ0n) is 9.61. The average molecular weight is 318 g/mol. The van der Waals surface area contributed by atoms with Crippen molar-refractivity contribution in [1.82, 2.24) is 4.98 Å². The van der Waals surface area contributed by atoms with Gasteiger partial charge in [0, 0.05) is 22.9 Å². The smallest absolute Gasteiger partial charge is 0.261 e. The quantitative estimate of drug-likeness (QED) is 0.890. The molecule has 0 aliphatic carbocycles. The van der Waals surface area contributed by atoms with Crippen molar-refractivity contribution in [2.75, 3.05) is 5.32 Å². The standard InChI is InChI=1S/C13H8BrN3O2/c14-9-1-2-11(8(5-9)6-15)17-13(19)10-7-16-4-3-12(10)18/h1-5,7H,(H,16,18)(H,17,19). The largest absolute Gasteiger partial charge is 0.367 e. The van der Waals surface area contributed by atoms with Crippen molar-refractivity contribution in [3.63, 3.8) is 0 Å². The second kappa shape index (κ2) is 5.50. The van der Waals surface area contributed by atoms with E-state index in [-0.39, 0.29) is 11.0 Å². The summed E-state index contributed by atoms with van der Waals surface area (Å²) >= 11 is 3.24. The van der Waals surface area contributed by atoms with Crippen LogP contribution in [-0.4, -0.2) is 10.9 Å². The van der Waals surface area contributed by atoms with Gasteiger partial charge in [0.05, 0.1) is 11.3 Å². The molecule has 2 rings (SSSR count). The highest BCUT2D eigenvalue weighted by atomic mass is 79.9. The topological polar surface area (TPSA) is 85.8 Å². The van der Waals surface area contributed by atoms with Crippen LogP contribution in [0, 0.1) is 11.3 Å². The fourth-order valence-electron chi connectivity index (χ4n) is 1.50. The first-order chi connectivity index (χ1) is 9.11. The zero-order valence-corrected chi connectivity index (χ0v) is 11.2. The van der Waals surface area contributed by atoms with Crippen LogP contribution < -0.4 is 10.7 Å². The van der Waals surface area contributed by atoms with E-state index in [1.807, 2.05) is 6.07 Å². The summed E-state index contributed by atoms with van der Waals surface area (Å²) in [6.45, 7) is 0. The Kier molecular flexibility index (Phi) is 3.78. The number of rotatable bonds is 2. The molecule has 19 heavy (non-hydrogen) atoms. The number of anilines is 1. The highest BCUT2D eigenvalue weighted by Gasteiger charge is 2.12. The summed E-state index contributed by atoms with van der Waals surface area (Å²) in [5.74, 6) is -0.555. The monoisotopic (exact) mass is 317 g/mol. The molecule has 0 unspecified atom stereocenters. The van der Waals surface area contributed by atoms with Gasteiger partial charge in [-0.1, -0.05) is 15.9 Å². The summed E-state index contributed by atoms with van der Waals surface area (Å²) in [5, 5.41) is 11.5. The number of halogens is 1. The van der Waals surface area contributed by atoms with Crippen LogP contribution in [0.4, 0.5) is 5.69 Å². The Morgan fingerprint density at radius 3 is 2.84 bits per heavy atom. The Balaban J connectivity index is 2.33. The van der Waals surface area contributed by atoms with Gasteiger partial charge in [0.25, 0.3) is 5.91 Å². The van der Waals surface area contributed by atoms with Gasteiger partial charge in [-0.15, -0.1) is 0 Å². The molecule has 0 atom stereocenters. The number of nitrogens with zero attached hydrogens (tertiary/aromatic N) is 1. The maximum atomic E-state index is 11.9. The molecule has 0 saturated heterocycles. The van der Waals surface area contributed by atoms with E-state index in [1.54, 1.807) is 18.2 Å². The van der Waals surface area contributed by atoms with Gasteiger partial charge < -0.3 is 10.3 Å². The van der Waals surface area contributed by atoms with E-state index in [9.17, 15) is 9.59 Å². The predicted molar refractivity (Wildman–Crippen MR) is 73.9 cm³/mol. The molecule has 1 amide bonds. The Hall–Kier alpha value is -2.39. The van der Waals surface area contributed by atoms with Crippen LogP contribution in [0.2, 0.25) is 0 Å². The molecular formula is C13H8BrN3O2. The van der Waals surface area contributed by atoms with Crippen LogP contribution in [0.25, 0.3) is 0 Å². The van der Waals surface area contributed by atoms with Crippen LogP contribution in [-0.2, 0) is 0 Å². The number of aromatic nitrogens is 1. The van der Waals surface area contributed by atoms with Crippen molar-refractivity contribution < 1.29 is 4.79 Å². The number of nitriles is 1. The van der Waals surface area contributed by atoms with Crippen molar-refractivity contribution in [1.29, 1.82) is 5.26 Å². The molecule has 0 aliphatic heterocycles. The van der Waals surface area contributed by atoms with Gasteiger partial charge in [0.2, 0.25) is 0 Å². The second-order valence-corrected chi connectivity index (χ2v) is 4.59. The minimum Gasteiger partial charge on any atom is -0.367 e. The van der Waals surface area contributed by atoms with Gasteiger partial charge in [0.15, 0.2) is 5.43 Å². The van der Waals surface area contributed by atoms with Gasteiger partial charge in [-0.2, -0.15) is 5.26 Å². The first-order valence-corrected chi connectivity index (χ1v) is 6.09. The third-order valence-electron chi connectivity index (χ3n) is 2.42. The highest BCUT2D eigenvalue weighted by Crippen LogP contribution is 2.20. The lowest BCUT2D eigenvalue weighted by molar-refractivity contribution is 0.102. The molecule has 0 spiro atoms.